The van der Waals surface area contributed by atoms with Crippen LogP contribution in [-0.2, 0) is 13.1 Å². The molecule has 0 radical (unpaired) electrons. The lowest BCUT2D eigenvalue weighted by Gasteiger charge is -2.11. The molecule has 0 aliphatic rings. The normalized spacial score (nSPS) is 10.8. The maximum atomic E-state index is 12.5. The monoisotopic (exact) mass is 449 g/mol. The minimum Gasteiger partial charge on any atom is -0.497 e. The van der Waals surface area contributed by atoms with Gasteiger partial charge in [0.1, 0.15) is 11.6 Å². The van der Waals surface area contributed by atoms with E-state index < -0.39 is 0 Å². The zero-order valence-electron chi connectivity index (χ0n) is 15.9. The highest BCUT2D eigenvalue weighted by Crippen LogP contribution is 2.20. The van der Waals surface area contributed by atoms with Crippen LogP contribution in [0.3, 0.4) is 0 Å². The van der Waals surface area contributed by atoms with Gasteiger partial charge in [-0.05, 0) is 48.0 Å². The number of hydrogen-bond donors (Lipinski definition) is 1. The summed E-state index contributed by atoms with van der Waals surface area (Å²) in [4.78, 5) is 17.3. The van der Waals surface area contributed by atoms with Crippen LogP contribution in [0.1, 0.15) is 21.7 Å². The Hall–Kier alpha value is -3.12. The van der Waals surface area contributed by atoms with Crippen molar-refractivity contribution in [1.29, 1.82) is 0 Å². The summed E-state index contributed by atoms with van der Waals surface area (Å²) in [7, 11) is 1.66. The number of rotatable bonds is 6. The van der Waals surface area contributed by atoms with Crippen LogP contribution >= 0.6 is 15.9 Å². The number of carbonyl (C=O) groups excluding carboxylic acids is 1. The van der Waals surface area contributed by atoms with Crippen molar-refractivity contribution < 1.29 is 9.53 Å². The number of carbonyl (C=O) groups is 1. The molecule has 0 saturated heterocycles. The summed E-state index contributed by atoms with van der Waals surface area (Å²) in [6.45, 7) is 1.00. The van der Waals surface area contributed by atoms with Crippen LogP contribution in [0.5, 0.6) is 5.75 Å². The standard InChI is InChI=1S/C23H20BrN3O2/c1-29-19-11-9-16(10-12-19)15-27-21-8-3-2-7-20(21)26-22(27)14-25-23(28)17-5-4-6-18(24)13-17/h2-13H,14-15H2,1H3,(H,25,28). The fourth-order valence-electron chi connectivity index (χ4n) is 3.24. The van der Waals surface area contributed by atoms with Gasteiger partial charge in [-0.15, -0.1) is 0 Å². The molecule has 1 heterocycles. The first-order valence-corrected chi connectivity index (χ1v) is 10.0. The molecule has 4 aromatic rings. The lowest BCUT2D eigenvalue weighted by atomic mass is 10.2. The number of aromatic nitrogens is 2. The number of halogens is 1. The predicted molar refractivity (Wildman–Crippen MR) is 117 cm³/mol. The van der Waals surface area contributed by atoms with Crippen molar-refractivity contribution in [1.82, 2.24) is 14.9 Å². The molecular formula is C23H20BrN3O2. The molecule has 1 aromatic heterocycles. The van der Waals surface area contributed by atoms with E-state index in [1.165, 1.54) is 0 Å². The number of ether oxygens (including phenoxy) is 1. The largest absolute Gasteiger partial charge is 0.497 e. The highest BCUT2D eigenvalue weighted by Gasteiger charge is 2.13. The molecule has 146 valence electrons. The third kappa shape index (κ3) is 4.32. The molecule has 0 fully saturated rings. The van der Waals surface area contributed by atoms with Crippen LogP contribution in [0.25, 0.3) is 11.0 Å². The molecule has 0 aliphatic carbocycles. The second kappa shape index (κ2) is 8.49. The van der Waals surface area contributed by atoms with E-state index in [4.69, 9.17) is 9.72 Å². The Morgan fingerprint density at radius 2 is 1.86 bits per heavy atom. The Labute approximate surface area is 177 Å². The van der Waals surface area contributed by atoms with Gasteiger partial charge in [-0.1, -0.05) is 46.3 Å². The molecule has 0 atom stereocenters. The maximum absolute atomic E-state index is 12.5. The topological polar surface area (TPSA) is 56.1 Å². The minimum absolute atomic E-state index is 0.130. The van der Waals surface area contributed by atoms with E-state index in [-0.39, 0.29) is 5.91 Å². The number of para-hydroxylation sites is 2. The van der Waals surface area contributed by atoms with Gasteiger partial charge in [0.15, 0.2) is 0 Å². The SMILES string of the molecule is COc1ccc(Cn2c(CNC(=O)c3cccc(Br)c3)nc3ccccc32)cc1. The number of methoxy groups -OCH3 is 1. The number of nitrogens with one attached hydrogen (secondary N) is 1. The van der Waals surface area contributed by atoms with Gasteiger partial charge in [0.25, 0.3) is 5.91 Å². The van der Waals surface area contributed by atoms with Crippen LogP contribution in [0, 0.1) is 0 Å². The highest BCUT2D eigenvalue weighted by molar-refractivity contribution is 9.10. The number of nitrogens with zero attached hydrogens (tertiary/aromatic N) is 2. The molecule has 4 rings (SSSR count). The molecular weight excluding hydrogens is 430 g/mol. The molecule has 0 bridgehead atoms. The zero-order valence-corrected chi connectivity index (χ0v) is 17.5. The molecule has 1 amide bonds. The smallest absolute Gasteiger partial charge is 0.251 e. The lowest BCUT2D eigenvalue weighted by Crippen LogP contribution is -2.24. The van der Waals surface area contributed by atoms with E-state index in [9.17, 15) is 4.79 Å². The molecule has 29 heavy (non-hydrogen) atoms. The Balaban J connectivity index is 1.59. The number of imidazole rings is 1. The fourth-order valence-corrected chi connectivity index (χ4v) is 3.64. The van der Waals surface area contributed by atoms with E-state index >= 15 is 0 Å². The molecule has 0 unspecified atom stereocenters. The van der Waals surface area contributed by atoms with Gasteiger partial charge < -0.3 is 14.6 Å². The van der Waals surface area contributed by atoms with Crippen LogP contribution in [0.4, 0.5) is 0 Å². The number of benzene rings is 3. The molecule has 6 heteroatoms. The summed E-state index contributed by atoms with van der Waals surface area (Å²) in [6, 6.07) is 23.3. The van der Waals surface area contributed by atoms with Gasteiger partial charge in [0, 0.05) is 16.6 Å². The van der Waals surface area contributed by atoms with Gasteiger partial charge in [0.05, 0.1) is 24.7 Å². The van der Waals surface area contributed by atoms with Crippen LogP contribution < -0.4 is 10.1 Å². The summed E-state index contributed by atoms with van der Waals surface area (Å²) in [6.07, 6.45) is 0. The van der Waals surface area contributed by atoms with Crippen LogP contribution in [0.2, 0.25) is 0 Å². The zero-order chi connectivity index (χ0) is 20.2. The Bertz CT molecular complexity index is 1150. The van der Waals surface area contributed by atoms with Gasteiger partial charge >= 0.3 is 0 Å². The number of hydrogen-bond acceptors (Lipinski definition) is 3. The summed E-state index contributed by atoms with van der Waals surface area (Å²) in [5.74, 6) is 1.51. The first kappa shape index (κ1) is 19.2. The van der Waals surface area contributed by atoms with Gasteiger partial charge in [0.2, 0.25) is 0 Å². The Kier molecular flexibility index (Phi) is 5.62. The molecule has 5 nitrogen and oxygen atoms in total. The van der Waals surface area contributed by atoms with E-state index in [1.807, 2.05) is 60.7 Å². The van der Waals surface area contributed by atoms with Crippen LogP contribution in [-0.4, -0.2) is 22.6 Å². The number of fused-ring (bicyclic) bond motifs is 1. The number of amides is 1. The fraction of sp³-hybridized carbons (Fsp3) is 0.130. The van der Waals surface area contributed by atoms with Crippen molar-refractivity contribution in [2.45, 2.75) is 13.1 Å². The maximum Gasteiger partial charge on any atom is 0.251 e. The first-order valence-electron chi connectivity index (χ1n) is 9.25. The Morgan fingerprint density at radius 1 is 1.07 bits per heavy atom. The highest BCUT2D eigenvalue weighted by atomic mass is 79.9. The van der Waals surface area contributed by atoms with E-state index in [0.29, 0.717) is 18.7 Å². The van der Waals surface area contributed by atoms with Crippen molar-refractivity contribution in [3.05, 3.63) is 94.2 Å². The molecule has 0 saturated carbocycles. The summed E-state index contributed by atoms with van der Waals surface area (Å²) in [5.41, 5.74) is 3.69. The quantitative estimate of drug-likeness (QED) is 0.460. The van der Waals surface area contributed by atoms with Gasteiger partial charge in [-0.25, -0.2) is 4.98 Å². The third-order valence-corrected chi connectivity index (χ3v) is 5.22. The molecule has 3 aromatic carbocycles. The van der Waals surface area contributed by atoms with E-state index in [0.717, 1.165) is 32.6 Å². The van der Waals surface area contributed by atoms with Crippen LogP contribution in [0.15, 0.2) is 77.3 Å². The van der Waals surface area contributed by atoms with Crippen molar-refractivity contribution in [2.24, 2.45) is 0 Å². The van der Waals surface area contributed by atoms with Crippen molar-refractivity contribution in [3.63, 3.8) is 0 Å². The summed E-state index contributed by atoms with van der Waals surface area (Å²) >= 11 is 3.40. The molecule has 1 N–H and O–H groups in total. The van der Waals surface area contributed by atoms with Crippen molar-refractivity contribution >= 4 is 32.9 Å². The molecule has 0 aliphatic heterocycles. The second-order valence-corrected chi connectivity index (χ2v) is 7.56. The lowest BCUT2D eigenvalue weighted by molar-refractivity contribution is 0.0949. The average molecular weight is 450 g/mol. The van der Waals surface area contributed by atoms with E-state index in [1.54, 1.807) is 19.2 Å². The average Bonchev–Trinajstić information content (AvgIpc) is 3.10. The first-order chi connectivity index (χ1) is 14.1. The van der Waals surface area contributed by atoms with Gasteiger partial charge in [-0.3, -0.25) is 4.79 Å². The van der Waals surface area contributed by atoms with Crippen molar-refractivity contribution in [2.75, 3.05) is 7.11 Å². The predicted octanol–water partition coefficient (Wildman–Crippen LogP) is 4.79. The van der Waals surface area contributed by atoms with Gasteiger partial charge in [-0.2, -0.15) is 0 Å². The minimum atomic E-state index is -0.130. The molecule has 0 spiro atoms. The summed E-state index contributed by atoms with van der Waals surface area (Å²) < 4.78 is 8.25. The third-order valence-electron chi connectivity index (χ3n) is 4.73. The van der Waals surface area contributed by atoms with Crippen molar-refractivity contribution in [3.8, 4) is 5.75 Å². The van der Waals surface area contributed by atoms with E-state index in [2.05, 4.69) is 25.8 Å². The second-order valence-electron chi connectivity index (χ2n) is 6.64. The summed E-state index contributed by atoms with van der Waals surface area (Å²) in [5, 5.41) is 2.98. The Morgan fingerprint density at radius 3 is 2.62 bits per heavy atom.